The van der Waals surface area contributed by atoms with Gasteiger partial charge in [0.05, 0.1) is 0 Å². The quantitative estimate of drug-likeness (QED) is 0.826. The molecule has 0 radical (unpaired) electrons. The van der Waals surface area contributed by atoms with Crippen molar-refractivity contribution in [1.29, 1.82) is 0 Å². The van der Waals surface area contributed by atoms with Crippen LogP contribution in [0.2, 0.25) is 0 Å². The maximum Gasteiger partial charge on any atom is 0.124 e. The van der Waals surface area contributed by atoms with Gasteiger partial charge in [-0.2, -0.15) is 11.8 Å². The van der Waals surface area contributed by atoms with Gasteiger partial charge in [-0.05, 0) is 53.0 Å². The van der Waals surface area contributed by atoms with Crippen molar-refractivity contribution >= 4 is 40.0 Å². The molecule has 1 nitrogen and oxygen atoms in total. The van der Waals surface area contributed by atoms with Crippen LogP contribution < -0.4 is 5.32 Å². The summed E-state index contributed by atoms with van der Waals surface area (Å²) in [4.78, 5) is 0. The third-order valence-corrected chi connectivity index (χ3v) is 4.87. The highest BCUT2D eigenvalue weighted by Gasteiger charge is 2.24. The molecule has 4 heteroatoms. The lowest BCUT2D eigenvalue weighted by atomic mass is 10.1. The molecule has 1 aliphatic rings. The second-order valence-electron chi connectivity index (χ2n) is 3.74. The third-order valence-electron chi connectivity index (χ3n) is 2.65. The number of anilines is 1. The molecule has 0 aromatic heterocycles. The van der Waals surface area contributed by atoms with E-state index in [4.69, 9.17) is 0 Å². The summed E-state index contributed by atoms with van der Waals surface area (Å²) in [5.74, 6) is 1.05. The Kier molecular flexibility index (Phi) is 3.77. The number of nitrogens with one attached hydrogen (secondary N) is 1. The third kappa shape index (κ3) is 2.78. The molecule has 0 bridgehead atoms. The van der Waals surface area contributed by atoms with E-state index in [0.717, 1.165) is 9.26 Å². The van der Waals surface area contributed by atoms with Crippen LogP contribution in [-0.2, 0) is 0 Å². The van der Waals surface area contributed by atoms with E-state index >= 15 is 0 Å². The summed E-state index contributed by atoms with van der Waals surface area (Å²) in [5.41, 5.74) is 1.05. The monoisotopic (exact) mass is 337 g/mol. The normalized spacial score (nSPS) is 25.5. The van der Waals surface area contributed by atoms with Crippen LogP contribution in [0.3, 0.4) is 0 Å². The largest absolute Gasteiger partial charge is 0.380 e. The topological polar surface area (TPSA) is 12.0 Å². The Balaban J connectivity index is 2.10. The summed E-state index contributed by atoms with van der Waals surface area (Å²) in [7, 11) is 0. The first-order valence-corrected chi connectivity index (χ1v) is 7.13. The summed E-state index contributed by atoms with van der Waals surface area (Å²) in [6.45, 7) is 2.24. The molecule has 1 aromatic rings. The molecule has 15 heavy (non-hydrogen) atoms. The SMILES string of the molecule is CC1SCCC1Nc1ccc(F)cc1I. The van der Waals surface area contributed by atoms with Gasteiger partial charge < -0.3 is 5.32 Å². The van der Waals surface area contributed by atoms with Gasteiger partial charge in [0.2, 0.25) is 0 Å². The van der Waals surface area contributed by atoms with Crippen molar-refractivity contribution in [2.24, 2.45) is 0 Å². The Morgan fingerprint density at radius 3 is 2.93 bits per heavy atom. The minimum absolute atomic E-state index is 0.168. The van der Waals surface area contributed by atoms with E-state index in [-0.39, 0.29) is 5.82 Å². The van der Waals surface area contributed by atoms with Gasteiger partial charge in [0.1, 0.15) is 5.82 Å². The molecule has 0 aliphatic carbocycles. The first-order valence-electron chi connectivity index (χ1n) is 5.00. The second-order valence-corrected chi connectivity index (χ2v) is 6.39. The predicted molar refractivity (Wildman–Crippen MR) is 73.1 cm³/mol. The first kappa shape index (κ1) is 11.5. The molecule has 1 N–H and O–H groups in total. The zero-order chi connectivity index (χ0) is 10.8. The molecule has 1 aromatic carbocycles. The smallest absolute Gasteiger partial charge is 0.124 e. The molecule has 1 saturated heterocycles. The molecule has 1 heterocycles. The van der Waals surface area contributed by atoms with Gasteiger partial charge in [0, 0.05) is 20.5 Å². The number of benzene rings is 1. The van der Waals surface area contributed by atoms with Gasteiger partial charge >= 0.3 is 0 Å². The molecular weight excluding hydrogens is 324 g/mol. The van der Waals surface area contributed by atoms with Gasteiger partial charge in [-0.25, -0.2) is 4.39 Å². The van der Waals surface area contributed by atoms with Gasteiger partial charge in [-0.1, -0.05) is 6.92 Å². The van der Waals surface area contributed by atoms with E-state index in [1.807, 2.05) is 17.8 Å². The molecule has 0 spiro atoms. The van der Waals surface area contributed by atoms with Crippen LogP contribution >= 0.6 is 34.4 Å². The van der Waals surface area contributed by atoms with Gasteiger partial charge in [-0.3, -0.25) is 0 Å². The molecule has 2 atom stereocenters. The van der Waals surface area contributed by atoms with Crippen LogP contribution in [0.5, 0.6) is 0 Å². The summed E-state index contributed by atoms with van der Waals surface area (Å²) >= 11 is 4.16. The summed E-state index contributed by atoms with van der Waals surface area (Å²) in [6, 6.07) is 5.42. The number of hydrogen-bond acceptors (Lipinski definition) is 2. The van der Waals surface area contributed by atoms with E-state index in [1.54, 1.807) is 6.07 Å². The lowest BCUT2D eigenvalue weighted by molar-refractivity contribution is 0.626. The van der Waals surface area contributed by atoms with E-state index in [2.05, 4.69) is 34.8 Å². The zero-order valence-corrected chi connectivity index (χ0v) is 11.4. The summed E-state index contributed by atoms with van der Waals surface area (Å²) < 4.78 is 13.9. The fourth-order valence-corrected chi connectivity index (χ4v) is 3.56. The molecule has 1 fully saturated rings. The van der Waals surface area contributed by atoms with Crippen LogP contribution in [0.4, 0.5) is 10.1 Å². The standard InChI is InChI=1S/C11H13FINS/c1-7-10(4-5-15-7)14-11-3-2-8(12)6-9(11)13/h2-3,6-7,10,14H,4-5H2,1H3. The van der Waals surface area contributed by atoms with Gasteiger partial charge in [0.15, 0.2) is 0 Å². The fraction of sp³-hybridized carbons (Fsp3) is 0.455. The van der Waals surface area contributed by atoms with Crippen LogP contribution in [0.1, 0.15) is 13.3 Å². The van der Waals surface area contributed by atoms with Crippen LogP contribution in [0, 0.1) is 9.39 Å². The van der Waals surface area contributed by atoms with E-state index < -0.39 is 0 Å². The first-order chi connectivity index (χ1) is 7.16. The predicted octanol–water partition coefficient (Wildman–Crippen LogP) is 3.74. The Hall–Kier alpha value is 0.0300. The number of halogens is 2. The summed E-state index contributed by atoms with van der Waals surface area (Å²) in [6.07, 6.45) is 1.19. The van der Waals surface area contributed by atoms with Crippen molar-refractivity contribution < 1.29 is 4.39 Å². The Morgan fingerprint density at radius 1 is 1.53 bits per heavy atom. The van der Waals surface area contributed by atoms with Gasteiger partial charge in [0.25, 0.3) is 0 Å². The second kappa shape index (κ2) is 4.91. The van der Waals surface area contributed by atoms with Crippen molar-refractivity contribution in [3.8, 4) is 0 Å². The van der Waals surface area contributed by atoms with Crippen molar-refractivity contribution in [2.45, 2.75) is 24.6 Å². The maximum absolute atomic E-state index is 12.9. The molecule has 2 rings (SSSR count). The van der Waals surface area contributed by atoms with Crippen LogP contribution in [0.15, 0.2) is 18.2 Å². The highest BCUT2D eigenvalue weighted by Crippen LogP contribution is 2.30. The van der Waals surface area contributed by atoms with E-state index in [9.17, 15) is 4.39 Å². The van der Waals surface area contributed by atoms with Crippen molar-refractivity contribution in [3.05, 3.63) is 27.6 Å². The minimum Gasteiger partial charge on any atom is -0.380 e. The van der Waals surface area contributed by atoms with E-state index in [0.29, 0.717) is 11.3 Å². The van der Waals surface area contributed by atoms with Crippen molar-refractivity contribution in [2.75, 3.05) is 11.1 Å². The average molecular weight is 337 g/mol. The zero-order valence-electron chi connectivity index (χ0n) is 8.47. The lowest BCUT2D eigenvalue weighted by Gasteiger charge is -2.18. The molecule has 2 unspecified atom stereocenters. The highest BCUT2D eigenvalue weighted by molar-refractivity contribution is 14.1. The number of thioether (sulfide) groups is 1. The van der Waals surface area contributed by atoms with Crippen LogP contribution in [0.25, 0.3) is 0 Å². The van der Waals surface area contributed by atoms with Crippen molar-refractivity contribution in [3.63, 3.8) is 0 Å². The average Bonchev–Trinajstić information content (AvgIpc) is 2.57. The lowest BCUT2D eigenvalue weighted by Crippen LogP contribution is -2.25. The van der Waals surface area contributed by atoms with Crippen molar-refractivity contribution in [1.82, 2.24) is 0 Å². The van der Waals surface area contributed by atoms with Crippen LogP contribution in [-0.4, -0.2) is 17.0 Å². The fourth-order valence-electron chi connectivity index (χ4n) is 1.73. The Labute approximate surface area is 107 Å². The maximum atomic E-state index is 12.9. The molecule has 1 aliphatic heterocycles. The molecule has 0 saturated carbocycles. The number of hydrogen-bond donors (Lipinski definition) is 1. The van der Waals surface area contributed by atoms with Gasteiger partial charge in [-0.15, -0.1) is 0 Å². The molecular formula is C11H13FINS. The molecule has 0 amide bonds. The summed E-state index contributed by atoms with van der Waals surface area (Å²) in [5, 5.41) is 4.14. The van der Waals surface area contributed by atoms with E-state index in [1.165, 1.54) is 18.2 Å². The Morgan fingerprint density at radius 2 is 2.33 bits per heavy atom. The highest BCUT2D eigenvalue weighted by atomic mass is 127. The molecule has 82 valence electrons. The Bertz CT molecular complexity index is 358. The number of rotatable bonds is 2. The minimum atomic E-state index is -0.168.